The highest BCUT2D eigenvalue weighted by atomic mass is 35.5. The van der Waals surface area contributed by atoms with Crippen LogP contribution in [0.5, 0.6) is 5.75 Å². The molecule has 1 saturated carbocycles. The molecule has 2 N–H and O–H groups in total. The number of carbonyl (C=O) groups is 1. The number of nitrogens with zero attached hydrogens (tertiary/aromatic N) is 1. The van der Waals surface area contributed by atoms with Crippen molar-refractivity contribution >= 4 is 28.4 Å². The summed E-state index contributed by atoms with van der Waals surface area (Å²) in [4.78, 5) is 19.7. The molecule has 0 spiro atoms. The van der Waals surface area contributed by atoms with Gasteiger partial charge in [-0.2, -0.15) is 0 Å². The van der Waals surface area contributed by atoms with Crippen LogP contribution in [0.15, 0.2) is 36.5 Å². The van der Waals surface area contributed by atoms with Crippen LogP contribution in [0.3, 0.4) is 0 Å². The highest BCUT2D eigenvalue weighted by Crippen LogP contribution is 2.45. The number of amides is 1. The number of hydrogen-bond acceptors (Lipinski definition) is 3. The lowest BCUT2D eigenvalue weighted by Gasteiger charge is -2.08. The summed E-state index contributed by atoms with van der Waals surface area (Å²) in [5.41, 5.74) is 3.67. The number of hydrogen-bond donors (Lipinski definition) is 2. The van der Waals surface area contributed by atoms with Gasteiger partial charge >= 0.3 is 0 Å². The number of carbonyl (C=O) groups excluding carboxylic acids is 1. The van der Waals surface area contributed by atoms with Crippen LogP contribution < -0.4 is 10.1 Å². The number of halogens is 1. The molecule has 0 bridgehead atoms. The van der Waals surface area contributed by atoms with Crippen LogP contribution >= 0.6 is 11.6 Å². The molecule has 6 heteroatoms. The van der Waals surface area contributed by atoms with E-state index >= 15 is 0 Å². The number of ether oxygens (including phenoxy) is 1. The van der Waals surface area contributed by atoms with Crippen LogP contribution in [0.1, 0.15) is 36.7 Å². The topological polar surface area (TPSA) is 67.0 Å². The third-order valence-corrected chi connectivity index (χ3v) is 5.38. The van der Waals surface area contributed by atoms with Crippen LogP contribution in [-0.4, -0.2) is 15.9 Å². The van der Waals surface area contributed by atoms with Crippen molar-refractivity contribution in [3.05, 3.63) is 58.5 Å². The van der Waals surface area contributed by atoms with Crippen molar-refractivity contribution in [1.29, 1.82) is 0 Å². The second-order valence-electron chi connectivity index (χ2n) is 7.50. The van der Waals surface area contributed by atoms with Gasteiger partial charge in [-0.1, -0.05) is 24.6 Å². The lowest BCUT2D eigenvalue weighted by molar-refractivity contribution is -0.125. The molecule has 27 heavy (non-hydrogen) atoms. The fraction of sp³-hybridized carbons (Fsp3) is 0.333. The van der Waals surface area contributed by atoms with Gasteiger partial charge in [-0.05, 0) is 38.0 Å². The third-order valence-electron chi connectivity index (χ3n) is 5.08. The highest BCUT2D eigenvalue weighted by molar-refractivity contribution is 6.32. The molecule has 4 rings (SSSR count). The van der Waals surface area contributed by atoms with Gasteiger partial charge in [0.15, 0.2) is 0 Å². The molecule has 0 saturated heterocycles. The maximum Gasteiger partial charge on any atom is 0.226 e. The predicted octanol–water partition coefficient (Wildman–Crippen LogP) is 4.52. The van der Waals surface area contributed by atoms with Gasteiger partial charge in [0.05, 0.1) is 11.6 Å². The fourth-order valence-corrected chi connectivity index (χ4v) is 3.17. The van der Waals surface area contributed by atoms with E-state index in [1.54, 1.807) is 6.20 Å². The highest BCUT2D eigenvalue weighted by Gasteiger charge is 2.44. The minimum absolute atomic E-state index is 0.120. The summed E-state index contributed by atoms with van der Waals surface area (Å²) in [6.07, 6.45) is 3.74. The van der Waals surface area contributed by atoms with E-state index in [9.17, 15) is 4.79 Å². The molecule has 1 aromatic carbocycles. The minimum atomic E-state index is -0.166. The zero-order valence-electron chi connectivity index (χ0n) is 15.4. The molecule has 1 aliphatic rings. The van der Waals surface area contributed by atoms with Gasteiger partial charge in [-0.25, -0.2) is 0 Å². The van der Waals surface area contributed by atoms with Gasteiger partial charge in [0.1, 0.15) is 12.4 Å². The second kappa shape index (κ2) is 6.89. The number of rotatable bonds is 6. The molecule has 5 nitrogen and oxygen atoms in total. The van der Waals surface area contributed by atoms with Crippen LogP contribution in [0.4, 0.5) is 0 Å². The molecule has 140 valence electrons. The zero-order chi connectivity index (χ0) is 19.0. The summed E-state index contributed by atoms with van der Waals surface area (Å²) in [6.45, 7) is 4.83. The Kier molecular flexibility index (Phi) is 4.56. The van der Waals surface area contributed by atoms with Crippen molar-refractivity contribution in [3.8, 4) is 5.75 Å². The van der Waals surface area contributed by atoms with Crippen molar-refractivity contribution in [2.75, 3.05) is 0 Å². The molecular formula is C21H22ClN3O2. The van der Waals surface area contributed by atoms with E-state index in [0.717, 1.165) is 40.7 Å². The van der Waals surface area contributed by atoms with Crippen LogP contribution in [0, 0.1) is 12.3 Å². The summed E-state index contributed by atoms with van der Waals surface area (Å²) in [5, 5.41) is 4.55. The van der Waals surface area contributed by atoms with Gasteiger partial charge in [-0.15, -0.1) is 0 Å². The zero-order valence-corrected chi connectivity index (χ0v) is 16.2. The Morgan fingerprint density at radius 1 is 1.33 bits per heavy atom. The van der Waals surface area contributed by atoms with Gasteiger partial charge < -0.3 is 15.0 Å². The molecule has 3 aromatic rings. The normalized spacial score (nSPS) is 14.9. The first-order valence-corrected chi connectivity index (χ1v) is 9.44. The summed E-state index contributed by atoms with van der Waals surface area (Å²) in [6, 6.07) is 9.72. The molecule has 1 amide bonds. The summed E-state index contributed by atoms with van der Waals surface area (Å²) in [7, 11) is 0. The third kappa shape index (κ3) is 3.93. The Morgan fingerprint density at radius 2 is 2.15 bits per heavy atom. The predicted molar refractivity (Wildman–Crippen MR) is 106 cm³/mol. The Bertz CT molecular complexity index is 991. The van der Waals surface area contributed by atoms with E-state index in [0.29, 0.717) is 23.9 Å². The van der Waals surface area contributed by atoms with Gasteiger partial charge in [-0.3, -0.25) is 9.78 Å². The molecule has 1 aliphatic carbocycles. The fourth-order valence-electron chi connectivity index (χ4n) is 2.95. The summed E-state index contributed by atoms with van der Waals surface area (Å²) < 4.78 is 5.87. The van der Waals surface area contributed by atoms with Crippen molar-refractivity contribution in [1.82, 2.24) is 15.3 Å². The van der Waals surface area contributed by atoms with Crippen molar-refractivity contribution in [2.24, 2.45) is 5.41 Å². The monoisotopic (exact) mass is 383 g/mol. The van der Waals surface area contributed by atoms with E-state index in [2.05, 4.69) is 15.3 Å². The van der Waals surface area contributed by atoms with E-state index < -0.39 is 0 Å². The molecule has 0 radical (unpaired) electrons. The Hall–Kier alpha value is -2.53. The quantitative estimate of drug-likeness (QED) is 0.657. The average molecular weight is 384 g/mol. The second-order valence-corrected chi connectivity index (χ2v) is 7.91. The smallest absolute Gasteiger partial charge is 0.226 e. The van der Waals surface area contributed by atoms with Gasteiger partial charge in [0, 0.05) is 45.5 Å². The average Bonchev–Trinajstić information content (AvgIpc) is 3.28. The maximum atomic E-state index is 12.1. The number of fused-ring (bicyclic) bond motifs is 1. The first-order valence-electron chi connectivity index (χ1n) is 9.07. The number of aromatic nitrogens is 2. The Labute approximate surface area is 163 Å². The summed E-state index contributed by atoms with van der Waals surface area (Å²) in [5.74, 6) is 0.739. The lowest BCUT2D eigenvalue weighted by atomic mass is 10.1. The van der Waals surface area contributed by atoms with E-state index in [1.807, 2.05) is 44.2 Å². The van der Waals surface area contributed by atoms with E-state index in [-0.39, 0.29) is 11.3 Å². The molecule has 2 aromatic heterocycles. The maximum absolute atomic E-state index is 12.1. The van der Waals surface area contributed by atoms with Crippen molar-refractivity contribution in [2.45, 2.75) is 39.8 Å². The standard InChI is InChI=1S/C21H22ClN3O2/c1-13-3-4-14(10-23-13)12-27-19-9-18-15(8-17(19)22)7-16(25-18)11-24-20(26)21(2)5-6-21/h3-4,7-10,25H,5-6,11-12H2,1-2H3,(H,24,26). The van der Waals surface area contributed by atoms with Crippen molar-refractivity contribution in [3.63, 3.8) is 0 Å². The van der Waals surface area contributed by atoms with Crippen LogP contribution in [0.2, 0.25) is 5.02 Å². The number of aryl methyl sites for hydroxylation is 1. The van der Waals surface area contributed by atoms with Crippen LogP contribution in [0.25, 0.3) is 10.9 Å². The van der Waals surface area contributed by atoms with Gasteiger partial charge in [0.2, 0.25) is 5.91 Å². The number of aromatic amines is 1. The molecule has 2 heterocycles. The number of benzene rings is 1. The molecule has 1 fully saturated rings. The first kappa shape index (κ1) is 17.9. The van der Waals surface area contributed by atoms with Gasteiger partial charge in [0.25, 0.3) is 0 Å². The molecule has 0 atom stereocenters. The van der Waals surface area contributed by atoms with Crippen LogP contribution in [-0.2, 0) is 17.9 Å². The summed E-state index contributed by atoms with van der Waals surface area (Å²) >= 11 is 6.38. The Morgan fingerprint density at radius 3 is 2.85 bits per heavy atom. The number of pyridine rings is 1. The first-order chi connectivity index (χ1) is 12.9. The lowest BCUT2D eigenvalue weighted by Crippen LogP contribution is -2.29. The molecule has 0 unspecified atom stereocenters. The largest absolute Gasteiger partial charge is 0.487 e. The Balaban J connectivity index is 1.45. The van der Waals surface area contributed by atoms with E-state index in [4.69, 9.17) is 16.3 Å². The molecular weight excluding hydrogens is 362 g/mol. The minimum Gasteiger partial charge on any atom is -0.487 e. The number of nitrogens with one attached hydrogen (secondary N) is 2. The SMILES string of the molecule is Cc1ccc(COc2cc3[nH]c(CNC(=O)C4(C)CC4)cc3cc2Cl)cn1. The van der Waals surface area contributed by atoms with Crippen molar-refractivity contribution < 1.29 is 9.53 Å². The molecule has 0 aliphatic heterocycles. The van der Waals surface area contributed by atoms with E-state index in [1.165, 1.54) is 0 Å². The number of H-pyrrole nitrogens is 1.